The van der Waals surface area contributed by atoms with Gasteiger partial charge in [-0.05, 0) is 57.3 Å². The Morgan fingerprint density at radius 3 is 2.56 bits per heavy atom. The molecule has 2 heterocycles. The normalized spacial score (nSPS) is 21.2. The largest absolute Gasteiger partial charge is 0.481 e. The molecule has 1 N–H and O–H groups in total. The van der Waals surface area contributed by atoms with Gasteiger partial charge in [-0.3, -0.25) is 9.59 Å². The fourth-order valence-corrected chi connectivity index (χ4v) is 3.81. The third-order valence-electron chi connectivity index (χ3n) is 5.62. The smallest absolute Gasteiger partial charge is 0.263 e. The minimum atomic E-state index is -0.525. The van der Waals surface area contributed by atoms with Crippen molar-refractivity contribution >= 4 is 11.8 Å². The molecule has 6 heteroatoms. The van der Waals surface area contributed by atoms with E-state index < -0.39 is 6.10 Å². The van der Waals surface area contributed by atoms with Crippen LogP contribution >= 0.6 is 0 Å². The lowest BCUT2D eigenvalue weighted by Crippen LogP contribution is -2.53. The van der Waals surface area contributed by atoms with Gasteiger partial charge in [-0.15, -0.1) is 0 Å². The Labute approximate surface area is 161 Å². The topological polar surface area (TPSA) is 61.9 Å². The Hall–Kier alpha value is -2.08. The molecule has 0 radical (unpaired) electrons. The highest BCUT2D eigenvalue weighted by Crippen LogP contribution is 2.19. The van der Waals surface area contributed by atoms with Gasteiger partial charge in [0, 0.05) is 32.6 Å². The van der Waals surface area contributed by atoms with Gasteiger partial charge < -0.3 is 19.9 Å². The highest BCUT2D eigenvalue weighted by Gasteiger charge is 2.28. The van der Waals surface area contributed by atoms with Crippen molar-refractivity contribution in [1.29, 1.82) is 0 Å². The number of aryl methyl sites for hydroxylation is 1. The predicted molar refractivity (Wildman–Crippen MR) is 105 cm³/mol. The number of hydrogen-bond acceptors (Lipinski definition) is 4. The van der Waals surface area contributed by atoms with Crippen LogP contribution in [0.5, 0.6) is 5.75 Å². The van der Waals surface area contributed by atoms with Crippen molar-refractivity contribution in [2.75, 3.05) is 39.3 Å². The molecule has 0 aromatic heterocycles. The average molecular weight is 373 g/mol. The number of carbonyl (C=O) groups is 2. The molecule has 2 fully saturated rings. The van der Waals surface area contributed by atoms with Crippen LogP contribution in [0.2, 0.25) is 0 Å². The number of hydrogen-bond donors (Lipinski definition) is 1. The molecule has 0 bridgehead atoms. The van der Waals surface area contributed by atoms with E-state index in [1.807, 2.05) is 41.0 Å². The van der Waals surface area contributed by atoms with Gasteiger partial charge in [0.1, 0.15) is 5.75 Å². The highest BCUT2D eigenvalue weighted by atomic mass is 16.5. The standard InChI is InChI=1S/C21H31N3O3/c1-16-5-3-4-6-19(16)27-17(2)21(26)24-13-11-23(12-14-24)20(25)8-7-18-9-10-22-15-18/h3-6,17-18,22H,7-15H2,1-2H3. The zero-order chi connectivity index (χ0) is 19.2. The third kappa shape index (κ3) is 5.22. The average Bonchev–Trinajstić information content (AvgIpc) is 3.21. The molecule has 2 saturated heterocycles. The molecule has 1 aromatic rings. The number of piperazine rings is 1. The van der Waals surface area contributed by atoms with Crippen LogP contribution in [-0.4, -0.2) is 67.0 Å². The van der Waals surface area contributed by atoms with Crippen LogP contribution in [0.4, 0.5) is 0 Å². The van der Waals surface area contributed by atoms with Crippen molar-refractivity contribution < 1.29 is 14.3 Å². The number of rotatable bonds is 6. The van der Waals surface area contributed by atoms with E-state index in [4.69, 9.17) is 4.74 Å². The fraction of sp³-hybridized carbons (Fsp3) is 0.619. The summed E-state index contributed by atoms with van der Waals surface area (Å²) in [4.78, 5) is 28.8. The van der Waals surface area contributed by atoms with Crippen LogP contribution in [0.1, 0.15) is 31.7 Å². The quantitative estimate of drug-likeness (QED) is 0.826. The van der Waals surface area contributed by atoms with E-state index in [9.17, 15) is 9.59 Å². The van der Waals surface area contributed by atoms with Crippen LogP contribution < -0.4 is 10.1 Å². The molecule has 148 valence electrons. The predicted octanol–water partition coefficient (Wildman–Crippen LogP) is 1.82. The van der Waals surface area contributed by atoms with Crippen molar-refractivity contribution in [2.45, 2.75) is 39.2 Å². The van der Waals surface area contributed by atoms with Crippen molar-refractivity contribution in [3.8, 4) is 5.75 Å². The Kier molecular flexibility index (Phi) is 6.72. The summed E-state index contributed by atoms with van der Waals surface area (Å²) < 4.78 is 5.85. The van der Waals surface area contributed by atoms with Gasteiger partial charge in [-0.25, -0.2) is 0 Å². The molecular weight excluding hydrogens is 342 g/mol. The zero-order valence-corrected chi connectivity index (χ0v) is 16.4. The van der Waals surface area contributed by atoms with Crippen LogP contribution in [0.25, 0.3) is 0 Å². The summed E-state index contributed by atoms with van der Waals surface area (Å²) in [5.74, 6) is 1.59. The summed E-state index contributed by atoms with van der Waals surface area (Å²) in [6.45, 7) is 8.26. The Balaban J connectivity index is 1.43. The van der Waals surface area contributed by atoms with Crippen molar-refractivity contribution in [3.05, 3.63) is 29.8 Å². The molecule has 2 unspecified atom stereocenters. The van der Waals surface area contributed by atoms with Gasteiger partial charge in [0.2, 0.25) is 5.91 Å². The van der Waals surface area contributed by atoms with Crippen molar-refractivity contribution in [2.24, 2.45) is 5.92 Å². The Bertz CT molecular complexity index is 650. The van der Waals surface area contributed by atoms with E-state index >= 15 is 0 Å². The Morgan fingerprint density at radius 1 is 1.19 bits per heavy atom. The second-order valence-corrected chi connectivity index (χ2v) is 7.63. The molecule has 2 aliphatic heterocycles. The van der Waals surface area contributed by atoms with E-state index in [0.29, 0.717) is 38.5 Å². The second-order valence-electron chi connectivity index (χ2n) is 7.63. The maximum atomic E-state index is 12.7. The number of amides is 2. The number of nitrogens with zero attached hydrogens (tertiary/aromatic N) is 2. The van der Waals surface area contributed by atoms with Crippen molar-refractivity contribution in [1.82, 2.24) is 15.1 Å². The summed E-state index contributed by atoms with van der Waals surface area (Å²) in [6, 6.07) is 7.72. The molecule has 1 aromatic carbocycles. The summed E-state index contributed by atoms with van der Waals surface area (Å²) in [5.41, 5.74) is 1.02. The minimum absolute atomic E-state index is 0.0117. The van der Waals surface area contributed by atoms with E-state index in [-0.39, 0.29) is 11.8 Å². The number of carbonyl (C=O) groups excluding carboxylic acids is 2. The monoisotopic (exact) mass is 373 g/mol. The number of ether oxygens (including phenoxy) is 1. The van der Waals surface area contributed by atoms with Crippen LogP contribution in [-0.2, 0) is 9.59 Å². The summed E-state index contributed by atoms with van der Waals surface area (Å²) in [5, 5.41) is 3.34. The Morgan fingerprint density at radius 2 is 1.89 bits per heavy atom. The van der Waals surface area contributed by atoms with E-state index in [2.05, 4.69) is 5.32 Å². The lowest BCUT2D eigenvalue weighted by molar-refractivity contribution is -0.143. The fourth-order valence-electron chi connectivity index (χ4n) is 3.81. The molecule has 6 nitrogen and oxygen atoms in total. The molecular formula is C21H31N3O3. The van der Waals surface area contributed by atoms with Crippen LogP contribution in [0.3, 0.4) is 0 Å². The number of benzene rings is 1. The SMILES string of the molecule is Cc1ccccc1OC(C)C(=O)N1CCN(C(=O)CCC2CCNC2)CC1. The molecule has 3 rings (SSSR count). The van der Waals surface area contributed by atoms with E-state index in [1.54, 1.807) is 6.92 Å². The first-order chi connectivity index (χ1) is 13.0. The minimum Gasteiger partial charge on any atom is -0.481 e. The first kappa shape index (κ1) is 19.7. The molecule has 0 saturated carbocycles. The summed E-state index contributed by atoms with van der Waals surface area (Å²) in [6.07, 6.45) is 2.23. The molecule has 2 atom stereocenters. The summed E-state index contributed by atoms with van der Waals surface area (Å²) in [7, 11) is 0. The molecule has 2 amide bonds. The first-order valence-electron chi connectivity index (χ1n) is 10.0. The zero-order valence-electron chi connectivity index (χ0n) is 16.4. The lowest BCUT2D eigenvalue weighted by atomic mass is 10.0. The maximum absolute atomic E-state index is 12.7. The molecule has 0 spiro atoms. The summed E-state index contributed by atoms with van der Waals surface area (Å²) >= 11 is 0. The van der Waals surface area contributed by atoms with Gasteiger partial charge in [-0.1, -0.05) is 18.2 Å². The lowest BCUT2D eigenvalue weighted by Gasteiger charge is -2.36. The van der Waals surface area contributed by atoms with Gasteiger partial charge in [0.15, 0.2) is 6.10 Å². The molecule has 2 aliphatic rings. The maximum Gasteiger partial charge on any atom is 0.263 e. The van der Waals surface area contributed by atoms with Gasteiger partial charge >= 0.3 is 0 Å². The van der Waals surface area contributed by atoms with E-state index in [1.165, 1.54) is 6.42 Å². The molecule has 0 aliphatic carbocycles. The van der Waals surface area contributed by atoms with Crippen molar-refractivity contribution in [3.63, 3.8) is 0 Å². The van der Waals surface area contributed by atoms with Crippen LogP contribution in [0.15, 0.2) is 24.3 Å². The second kappa shape index (κ2) is 9.22. The highest BCUT2D eigenvalue weighted by molar-refractivity contribution is 5.81. The number of para-hydroxylation sites is 1. The van der Waals surface area contributed by atoms with Gasteiger partial charge in [0.25, 0.3) is 5.91 Å². The first-order valence-corrected chi connectivity index (χ1v) is 10.0. The van der Waals surface area contributed by atoms with E-state index in [0.717, 1.165) is 30.8 Å². The van der Waals surface area contributed by atoms with Gasteiger partial charge in [-0.2, -0.15) is 0 Å². The molecule has 27 heavy (non-hydrogen) atoms. The third-order valence-corrected chi connectivity index (χ3v) is 5.62. The van der Waals surface area contributed by atoms with Gasteiger partial charge in [0.05, 0.1) is 0 Å². The number of nitrogens with one attached hydrogen (secondary N) is 1. The van der Waals surface area contributed by atoms with Crippen LogP contribution in [0, 0.1) is 12.8 Å².